The second kappa shape index (κ2) is 11.2. The van der Waals surface area contributed by atoms with Crippen molar-refractivity contribution in [3.05, 3.63) is 63.9 Å². The van der Waals surface area contributed by atoms with Crippen LogP contribution >= 0.6 is 23.1 Å². The molecule has 0 saturated heterocycles. The monoisotopic (exact) mass is 475 g/mol. The van der Waals surface area contributed by atoms with Gasteiger partial charge in [0.25, 0.3) is 0 Å². The van der Waals surface area contributed by atoms with Crippen LogP contribution in [0.15, 0.2) is 46.9 Å². The molecule has 1 aromatic carbocycles. The average Bonchev–Trinajstić information content (AvgIpc) is 3.40. The van der Waals surface area contributed by atoms with Gasteiger partial charge in [0.15, 0.2) is 5.16 Å². The summed E-state index contributed by atoms with van der Waals surface area (Å²) in [5, 5.41) is 14.0. The zero-order chi connectivity index (χ0) is 23.1. The lowest BCUT2D eigenvalue weighted by Crippen LogP contribution is -2.30. The van der Waals surface area contributed by atoms with E-state index in [9.17, 15) is 14.0 Å². The summed E-state index contributed by atoms with van der Waals surface area (Å²) in [6, 6.07) is 9.63. The minimum Gasteiger partial charge on any atom is -0.370 e. The van der Waals surface area contributed by atoms with Crippen molar-refractivity contribution >= 4 is 34.9 Å². The van der Waals surface area contributed by atoms with Crippen LogP contribution in [0.4, 0.5) is 4.39 Å². The van der Waals surface area contributed by atoms with Gasteiger partial charge in [-0.2, -0.15) is 0 Å². The lowest BCUT2D eigenvalue weighted by molar-refractivity contribution is -0.119. The Morgan fingerprint density at radius 1 is 1.22 bits per heavy atom. The number of halogens is 1. The summed E-state index contributed by atoms with van der Waals surface area (Å²) >= 11 is 2.82. The normalized spacial score (nSPS) is 12.1. The van der Waals surface area contributed by atoms with Gasteiger partial charge < -0.3 is 15.6 Å². The van der Waals surface area contributed by atoms with Crippen molar-refractivity contribution in [1.82, 2.24) is 20.1 Å². The molecule has 0 aliphatic heterocycles. The fourth-order valence-electron chi connectivity index (χ4n) is 3.16. The second-order valence-electron chi connectivity index (χ2n) is 7.73. The Kier molecular flexibility index (Phi) is 8.40. The Morgan fingerprint density at radius 2 is 1.97 bits per heavy atom. The molecule has 32 heavy (non-hydrogen) atoms. The van der Waals surface area contributed by atoms with Gasteiger partial charge >= 0.3 is 0 Å². The number of benzene rings is 1. The van der Waals surface area contributed by atoms with Crippen LogP contribution in [0.25, 0.3) is 0 Å². The van der Waals surface area contributed by atoms with Gasteiger partial charge in [0.05, 0.1) is 11.8 Å². The fourth-order valence-corrected chi connectivity index (χ4v) is 4.74. The number of nitrogens with two attached hydrogens (primary N) is 1. The fraction of sp³-hybridized carbons (Fsp3) is 0.364. The molecule has 170 valence electrons. The zero-order valence-electron chi connectivity index (χ0n) is 18.0. The second-order valence-corrected chi connectivity index (χ2v) is 9.65. The van der Waals surface area contributed by atoms with E-state index in [1.54, 1.807) is 12.1 Å². The number of hydrogen-bond donors (Lipinski definition) is 2. The maximum atomic E-state index is 13.4. The first kappa shape index (κ1) is 23.9. The van der Waals surface area contributed by atoms with E-state index in [0.29, 0.717) is 29.9 Å². The minimum absolute atomic E-state index is 0.148. The van der Waals surface area contributed by atoms with E-state index in [-0.39, 0.29) is 29.9 Å². The van der Waals surface area contributed by atoms with Crippen LogP contribution in [-0.2, 0) is 22.6 Å². The molecule has 0 aliphatic carbocycles. The van der Waals surface area contributed by atoms with Crippen molar-refractivity contribution in [2.24, 2.45) is 11.7 Å². The van der Waals surface area contributed by atoms with Crippen LogP contribution in [0.5, 0.6) is 0 Å². The minimum atomic E-state index is -0.391. The van der Waals surface area contributed by atoms with Crippen LogP contribution in [-0.4, -0.2) is 32.3 Å². The summed E-state index contributed by atoms with van der Waals surface area (Å²) in [6.45, 7) is 4.83. The smallest absolute Gasteiger partial charge is 0.231 e. The summed E-state index contributed by atoms with van der Waals surface area (Å²) < 4.78 is 15.3. The van der Waals surface area contributed by atoms with Crippen molar-refractivity contribution in [1.29, 1.82) is 0 Å². The van der Waals surface area contributed by atoms with Crippen LogP contribution < -0.4 is 11.1 Å². The number of carbonyl (C=O) groups is 2. The van der Waals surface area contributed by atoms with Crippen LogP contribution in [0.1, 0.15) is 42.6 Å². The highest BCUT2D eigenvalue weighted by Crippen LogP contribution is 2.27. The molecule has 3 aromatic rings. The molecule has 0 fully saturated rings. The Morgan fingerprint density at radius 3 is 2.59 bits per heavy atom. The molecular formula is C22H26FN5O2S2. The molecule has 2 heterocycles. The molecular weight excluding hydrogens is 449 g/mol. The van der Waals surface area contributed by atoms with Crippen molar-refractivity contribution in [2.75, 3.05) is 5.75 Å². The van der Waals surface area contributed by atoms with Gasteiger partial charge in [-0.3, -0.25) is 9.59 Å². The Hall–Kier alpha value is -2.72. The van der Waals surface area contributed by atoms with Crippen LogP contribution in [0.3, 0.4) is 0 Å². The zero-order valence-corrected chi connectivity index (χ0v) is 19.6. The van der Waals surface area contributed by atoms with Gasteiger partial charge in [-0.05, 0) is 35.1 Å². The number of hydrogen-bond acceptors (Lipinski definition) is 6. The first-order valence-electron chi connectivity index (χ1n) is 10.2. The summed E-state index contributed by atoms with van der Waals surface area (Å²) in [7, 11) is 0. The number of primary amides is 1. The quantitative estimate of drug-likeness (QED) is 0.413. The van der Waals surface area contributed by atoms with Crippen LogP contribution in [0.2, 0.25) is 0 Å². The molecule has 0 saturated carbocycles. The van der Waals surface area contributed by atoms with E-state index in [4.69, 9.17) is 5.73 Å². The van der Waals surface area contributed by atoms with Gasteiger partial charge in [-0.1, -0.05) is 43.8 Å². The van der Waals surface area contributed by atoms with E-state index < -0.39 is 5.91 Å². The third-order valence-corrected chi connectivity index (χ3v) is 6.51. The number of thioether (sulfide) groups is 1. The van der Waals surface area contributed by atoms with E-state index in [2.05, 4.69) is 29.4 Å². The largest absolute Gasteiger partial charge is 0.370 e. The summed E-state index contributed by atoms with van der Waals surface area (Å²) in [5.74, 6) is 0.289. The van der Waals surface area contributed by atoms with Crippen LogP contribution in [0, 0.1) is 11.7 Å². The third-order valence-electron chi connectivity index (χ3n) is 4.60. The first-order chi connectivity index (χ1) is 15.3. The van der Waals surface area contributed by atoms with E-state index >= 15 is 0 Å². The van der Waals surface area contributed by atoms with Crippen molar-refractivity contribution in [2.45, 2.75) is 44.4 Å². The van der Waals surface area contributed by atoms with Gasteiger partial charge in [0.1, 0.15) is 11.6 Å². The SMILES string of the molecule is CC(C)Cn1c(CCC(N)=O)nnc1SCC(=O)NC(c1ccc(F)cc1)c1cccs1. The standard InChI is InChI=1S/C22H26FN5O2S2/c1-14(2)12-28-19(10-9-18(24)29)26-27-22(28)32-13-20(30)25-21(17-4-3-11-31-17)15-5-7-16(23)8-6-15/h3-8,11,14,21H,9-10,12-13H2,1-2H3,(H2,24,29)(H,25,30). The molecule has 10 heteroatoms. The van der Waals surface area contributed by atoms with E-state index in [1.165, 1.54) is 35.2 Å². The maximum Gasteiger partial charge on any atom is 0.231 e. The number of nitrogens with zero attached hydrogens (tertiary/aromatic N) is 3. The van der Waals surface area contributed by atoms with E-state index in [1.807, 2.05) is 22.1 Å². The number of aromatic nitrogens is 3. The van der Waals surface area contributed by atoms with Crippen molar-refractivity contribution < 1.29 is 14.0 Å². The number of carbonyl (C=O) groups excluding carboxylic acids is 2. The Bertz CT molecular complexity index is 1040. The predicted octanol–water partition coefficient (Wildman–Crippen LogP) is 3.55. The predicted molar refractivity (Wildman–Crippen MR) is 124 cm³/mol. The van der Waals surface area contributed by atoms with Gasteiger partial charge in [-0.15, -0.1) is 21.5 Å². The molecule has 0 spiro atoms. The number of aryl methyl sites for hydroxylation is 1. The first-order valence-corrected chi connectivity index (χ1v) is 12.1. The highest BCUT2D eigenvalue weighted by Gasteiger charge is 2.20. The molecule has 0 radical (unpaired) electrons. The van der Waals surface area contributed by atoms with Crippen molar-refractivity contribution in [3.63, 3.8) is 0 Å². The highest BCUT2D eigenvalue weighted by molar-refractivity contribution is 7.99. The summed E-state index contributed by atoms with van der Waals surface area (Å²) in [5.41, 5.74) is 6.07. The average molecular weight is 476 g/mol. The number of thiophene rings is 1. The molecule has 0 aliphatic rings. The molecule has 2 amide bonds. The van der Waals surface area contributed by atoms with Gasteiger partial charge in [0, 0.05) is 24.3 Å². The molecule has 3 rings (SSSR count). The number of rotatable bonds is 11. The summed E-state index contributed by atoms with van der Waals surface area (Å²) in [6.07, 6.45) is 0.606. The van der Waals surface area contributed by atoms with E-state index in [0.717, 1.165) is 10.4 Å². The molecule has 7 nitrogen and oxygen atoms in total. The topological polar surface area (TPSA) is 103 Å². The number of amides is 2. The molecule has 1 unspecified atom stereocenters. The maximum absolute atomic E-state index is 13.4. The molecule has 3 N–H and O–H groups in total. The van der Waals surface area contributed by atoms with Gasteiger partial charge in [0.2, 0.25) is 11.8 Å². The molecule has 0 bridgehead atoms. The lowest BCUT2D eigenvalue weighted by Gasteiger charge is -2.18. The summed E-state index contributed by atoms with van der Waals surface area (Å²) in [4.78, 5) is 24.9. The molecule has 1 atom stereocenters. The highest BCUT2D eigenvalue weighted by atomic mass is 32.2. The Labute approximate surface area is 194 Å². The molecule has 2 aromatic heterocycles. The van der Waals surface area contributed by atoms with Gasteiger partial charge in [-0.25, -0.2) is 4.39 Å². The number of nitrogens with one attached hydrogen (secondary N) is 1. The van der Waals surface area contributed by atoms with Crippen molar-refractivity contribution in [3.8, 4) is 0 Å². The Balaban J connectivity index is 1.70. The third kappa shape index (κ3) is 6.64. The lowest BCUT2D eigenvalue weighted by atomic mass is 10.1.